The van der Waals surface area contributed by atoms with Crippen LogP contribution in [0.5, 0.6) is 0 Å². The molecule has 6 heteroatoms. The molecule has 0 radical (unpaired) electrons. The van der Waals surface area contributed by atoms with E-state index < -0.39 is 5.97 Å². The lowest BCUT2D eigenvalue weighted by molar-refractivity contribution is 0.0520. The van der Waals surface area contributed by atoms with E-state index in [-0.39, 0.29) is 5.69 Å². The van der Waals surface area contributed by atoms with Crippen LogP contribution in [0.25, 0.3) is 5.65 Å². The third-order valence-corrected chi connectivity index (χ3v) is 1.98. The second-order valence-corrected chi connectivity index (χ2v) is 3.26. The molecule has 2 aromatic rings. The summed E-state index contributed by atoms with van der Waals surface area (Å²) >= 11 is 5.74. The molecule has 0 aliphatic rings. The van der Waals surface area contributed by atoms with Gasteiger partial charge >= 0.3 is 5.97 Å². The molecule has 0 aliphatic carbocycles. The molecule has 0 amide bonds. The van der Waals surface area contributed by atoms with Gasteiger partial charge in [0.05, 0.1) is 24.0 Å². The van der Waals surface area contributed by atoms with Crippen LogP contribution in [0.15, 0.2) is 18.5 Å². The summed E-state index contributed by atoms with van der Waals surface area (Å²) in [5.74, 6) is -0.459. The van der Waals surface area contributed by atoms with Crippen molar-refractivity contribution in [3.8, 4) is 0 Å². The number of imidazole rings is 1. The van der Waals surface area contributed by atoms with Crippen LogP contribution in [0, 0.1) is 0 Å². The molecule has 2 aromatic heterocycles. The van der Waals surface area contributed by atoms with E-state index in [1.165, 1.54) is 16.9 Å². The predicted octanol–water partition coefficient (Wildman–Crippen LogP) is 1.56. The molecule has 0 saturated carbocycles. The van der Waals surface area contributed by atoms with E-state index in [1.807, 2.05) is 0 Å². The maximum atomic E-state index is 11.3. The SMILES string of the molecule is CCOC(=O)c1cn2ncc(Cl)cc2n1. The fraction of sp³-hybridized carbons (Fsp3) is 0.222. The summed E-state index contributed by atoms with van der Waals surface area (Å²) in [6.07, 6.45) is 2.98. The highest BCUT2D eigenvalue weighted by atomic mass is 35.5. The highest BCUT2D eigenvalue weighted by Gasteiger charge is 2.11. The fourth-order valence-electron chi connectivity index (χ4n) is 1.16. The van der Waals surface area contributed by atoms with Crippen molar-refractivity contribution in [1.82, 2.24) is 14.6 Å². The lowest BCUT2D eigenvalue weighted by Crippen LogP contribution is -2.04. The Morgan fingerprint density at radius 2 is 2.47 bits per heavy atom. The quantitative estimate of drug-likeness (QED) is 0.728. The Morgan fingerprint density at radius 3 is 3.20 bits per heavy atom. The Hall–Kier alpha value is -1.62. The lowest BCUT2D eigenvalue weighted by atomic mass is 10.5. The molecule has 5 nitrogen and oxygen atoms in total. The highest BCUT2D eigenvalue weighted by Crippen LogP contribution is 2.10. The fourth-order valence-corrected chi connectivity index (χ4v) is 1.30. The summed E-state index contributed by atoms with van der Waals surface area (Å²) in [5, 5.41) is 4.43. The van der Waals surface area contributed by atoms with Crippen molar-refractivity contribution in [2.24, 2.45) is 0 Å². The molecule has 2 heterocycles. The Balaban J connectivity index is 2.42. The summed E-state index contributed by atoms with van der Waals surface area (Å²) in [5.41, 5.74) is 0.747. The van der Waals surface area contributed by atoms with Crippen molar-refractivity contribution in [2.75, 3.05) is 6.61 Å². The van der Waals surface area contributed by atoms with Gasteiger partial charge in [0.15, 0.2) is 11.3 Å². The van der Waals surface area contributed by atoms with Gasteiger partial charge in [-0.15, -0.1) is 0 Å². The van der Waals surface area contributed by atoms with Gasteiger partial charge in [-0.05, 0) is 6.92 Å². The van der Waals surface area contributed by atoms with Gasteiger partial charge < -0.3 is 4.74 Å². The highest BCUT2D eigenvalue weighted by molar-refractivity contribution is 6.30. The Kier molecular flexibility index (Phi) is 2.55. The first-order valence-electron chi connectivity index (χ1n) is 4.38. The summed E-state index contributed by atoms with van der Waals surface area (Å²) in [7, 11) is 0. The number of ether oxygens (including phenoxy) is 1. The van der Waals surface area contributed by atoms with Gasteiger partial charge in [-0.2, -0.15) is 5.10 Å². The van der Waals surface area contributed by atoms with Crippen LogP contribution in [-0.4, -0.2) is 27.2 Å². The standard InChI is InChI=1S/C9H8ClN3O2/c1-2-15-9(14)7-5-13-8(12-7)3-6(10)4-11-13/h3-5H,2H2,1H3. The predicted molar refractivity (Wildman–Crippen MR) is 54.0 cm³/mol. The van der Waals surface area contributed by atoms with Crippen LogP contribution in [0.1, 0.15) is 17.4 Å². The number of carbonyl (C=O) groups excluding carboxylic acids is 1. The van der Waals surface area contributed by atoms with Crippen molar-refractivity contribution in [1.29, 1.82) is 0 Å². The lowest BCUT2D eigenvalue weighted by Gasteiger charge is -1.94. The molecule has 0 atom stereocenters. The Labute approximate surface area is 90.6 Å². The third-order valence-electron chi connectivity index (χ3n) is 1.77. The molecule has 0 unspecified atom stereocenters. The van der Waals surface area contributed by atoms with Crippen LogP contribution >= 0.6 is 11.6 Å². The van der Waals surface area contributed by atoms with Gasteiger partial charge in [-0.25, -0.2) is 14.3 Å². The van der Waals surface area contributed by atoms with Gasteiger partial charge in [0.2, 0.25) is 0 Å². The average molecular weight is 226 g/mol. The number of nitrogens with zero attached hydrogens (tertiary/aromatic N) is 3. The molecule has 0 bridgehead atoms. The normalized spacial score (nSPS) is 10.5. The average Bonchev–Trinajstić information content (AvgIpc) is 2.60. The van der Waals surface area contributed by atoms with Crippen LogP contribution < -0.4 is 0 Å². The summed E-state index contributed by atoms with van der Waals surface area (Å²) in [6.45, 7) is 2.06. The molecule has 15 heavy (non-hydrogen) atoms. The smallest absolute Gasteiger partial charge is 0.358 e. The molecular weight excluding hydrogens is 218 g/mol. The molecule has 0 saturated heterocycles. The molecule has 2 rings (SSSR count). The largest absolute Gasteiger partial charge is 0.461 e. The molecule has 0 aliphatic heterocycles. The number of hydrogen-bond acceptors (Lipinski definition) is 4. The van der Waals surface area contributed by atoms with Crippen molar-refractivity contribution < 1.29 is 9.53 Å². The van der Waals surface area contributed by atoms with Gasteiger partial charge in [-0.1, -0.05) is 11.6 Å². The number of fused-ring (bicyclic) bond motifs is 1. The van der Waals surface area contributed by atoms with E-state index in [1.54, 1.807) is 13.0 Å². The minimum Gasteiger partial charge on any atom is -0.461 e. The van der Waals surface area contributed by atoms with Gasteiger partial charge in [0, 0.05) is 6.07 Å². The van der Waals surface area contributed by atoms with Gasteiger partial charge in [0.1, 0.15) is 0 Å². The number of halogens is 1. The minimum atomic E-state index is -0.459. The Bertz CT molecular complexity index is 509. The van der Waals surface area contributed by atoms with E-state index in [2.05, 4.69) is 10.1 Å². The zero-order chi connectivity index (χ0) is 10.8. The summed E-state index contributed by atoms with van der Waals surface area (Å²) in [6, 6.07) is 1.62. The van der Waals surface area contributed by atoms with E-state index in [0.29, 0.717) is 17.3 Å². The number of hydrogen-bond donors (Lipinski definition) is 0. The molecule has 0 aromatic carbocycles. The van der Waals surface area contributed by atoms with Gasteiger partial charge in [0.25, 0.3) is 0 Å². The first kappa shape index (κ1) is 9.92. The number of aromatic nitrogens is 3. The number of rotatable bonds is 2. The first-order valence-corrected chi connectivity index (χ1v) is 4.76. The summed E-state index contributed by atoms with van der Waals surface area (Å²) in [4.78, 5) is 15.4. The molecule has 78 valence electrons. The minimum absolute atomic E-state index is 0.228. The van der Waals surface area contributed by atoms with Crippen molar-refractivity contribution in [3.05, 3.63) is 29.2 Å². The van der Waals surface area contributed by atoms with E-state index in [0.717, 1.165) is 0 Å². The topological polar surface area (TPSA) is 56.5 Å². The van der Waals surface area contributed by atoms with Gasteiger partial charge in [-0.3, -0.25) is 0 Å². The van der Waals surface area contributed by atoms with Crippen molar-refractivity contribution >= 4 is 23.2 Å². The number of carbonyl (C=O) groups is 1. The van der Waals surface area contributed by atoms with Crippen LogP contribution in [0.3, 0.4) is 0 Å². The number of esters is 1. The maximum Gasteiger partial charge on any atom is 0.358 e. The zero-order valence-electron chi connectivity index (χ0n) is 7.98. The maximum absolute atomic E-state index is 11.3. The van der Waals surface area contributed by atoms with Crippen LogP contribution in [-0.2, 0) is 4.74 Å². The third kappa shape index (κ3) is 1.92. The first-order chi connectivity index (χ1) is 7.20. The molecular formula is C9H8ClN3O2. The van der Waals surface area contributed by atoms with E-state index in [9.17, 15) is 4.79 Å². The second kappa shape index (κ2) is 3.86. The van der Waals surface area contributed by atoms with Crippen LogP contribution in [0.2, 0.25) is 5.02 Å². The Morgan fingerprint density at radius 1 is 1.67 bits per heavy atom. The molecule has 0 fully saturated rings. The van der Waals surface area contributed by atoms with E-state index in [4.69, 9.17) is 16.3 Å². The van der Waals surface area contributed by atoms with Crippen molar-refractivity contribution in [2.45, 2.75) is 6.92 Å². The van der Waals surface area contributed by atoms with Crippen LogP contribution in [0.4, 0.5) is 0 Å². The van der Waals surface area contributed by atoms with Crippen molar-refractivity contribution in [3.63, 3.8) is 0 Å². The second-order valence-electron chi connectivity index (χ2n) is 2.82. The monoisotopic (exact) mass is 225 g/mol. The molecule has 0 spiro atoms. The van der Waals surface area contributed by atoms with E-state index >= 15 is 0 Å². The zero-order valence-corrected chi connectivity index (χ0v) is 8.73. The molecule has 0 N–H and O–H groups in total. The summed E-state index contributed by atoms with van der Waals surface area (Å²) < 4.78 is 6.28.